The summed E-state index contributed by atoms with van der Waals surface area (Å²) in [5, 5.41) is 18.0. The van der Waals surface area contributed by atoms with Crippen molar-refractivity contribution in [3.8, 4) is 0 Å². The number of aliphatic hydroxyl groups is 2. The minimum atomic E-state index is -0.427. The average molecular weight is 574 g/mol. The maximum Gasteiger partial charge on any atom is 0.0986 e. The minimum absolute atomic E-state index is 0.383. The Morgan fingerprint density at radius 2 is 1.81 bits per heavy atom. The van der Waals surface area contributed by atoms with E-state index in [0.29, 0.717) is 22.3 Å². The second kappa shape index (κ2) is 11.4. The average Bonchev–Trinajstić information content (AvgIpc) is 3.44. The molecule has 8 unspecified atom stereocenters. The quantitative estimate of drug-likeness (QED) is 0.321. The normalized spacial score (nSPS) is 37.0. The van der Waals surface area contributed by atoms with Crippen molar-refractivity contribution in [1.82, 2.24) is 4.90 Å². The SMILES string of the molecule is C=C.CCCC(CC)N1CCC23C4=C(CCCC41)C1C2C(C)(C3Cc2ccc3c(c2CC)C(O)C=C3C)C1(C)C.CO. The zero-order valence-corrected chi connectivity index (χ0v) is 28.0. The molecule has 1 aromatic carbocycles. The van der Waals surface area contributed by atoms with Crippen LogP contribution in [0.1, 0.15) is 122 Å². The monoisotopic (exact) mass is 573 g/mol. The first-order valence-corrected chi connectivity index (χ1v) is 17.1. The van der Waals surface area contributed by atoms with E-state index in [2.05, 4.69) is 84.7 Å². The van der Waals surface area contributed by atoms with Crippen LogP contribution in [0.5, 0.6) is 0 Å². The van der Waals surface area contributed by atoms with Gasteiger partial charge < -0.3 is 10.2 Å². The molecule has 232 valence electrons. The van der Waals surface area contributed by atoms with E-state index in [4.69, 9.17) is 5.11 Å². The summed E-state index contributed by atoms with van der Waals surface area (Å²) in [6.07, 6.45) is 13.3. The molecule has 42 heavy (non-hydrogen) atoms. The molecule has 0 aromatic heterocycles. The molecule has 0 bridgehead atoms. The molecule has 3 nitrogen and oxygen atoms in total. The van der Waals surface area contributed by atoms with E-state index < -0.39 is 6.10 Å². The zero-order chi connectivity index (χ0) is 30.8. The van der Waals surface area contributed by atoms with Gasteiger partial charge in [0.2, 0.25) is 0 Å². The van der Waals surface area contributed by atoms with Gasteiger partial charge in [0.15, 0.2) is 0 Å². The van der Waals surface area contributed by atoms with Gasteiger partial charge >= 0.3 is 0 Å². The molecule has 5 aliphatic carbocycles. The lowest BCUT2D eigenvalue weighted by Crippen LogP contribution is -2.80. The Labute approximate surface area is 257 Å². The number of fused-ring (bicyclic) bond motifs is 2. The molecule has 3 heteroatoms. The number of benzene rings is 1. The van der Waals surface area contributed by atoms with Crippen molar-refractivity contribution in [2.45, 2.75) is 124 Å². The van der Waals surface area contributed by atoms with Crippen LogP contribution in [0.3, 0.4) is 0 Å². The molecular weight excluding hydrogens is 514 g/mol. The van der Waals surface area contributed by atoms with Gasteiger partial charge in [-0.05, 0) is 133 Å². The minimum Gasteiger partial charge on any atom is -0.400 e. The number of nitrogens with zero attached hydrogens (tertiary/aromatic N) is 1. The molecule has 0 radical (unpaired) electrons. The third-order valence-electron chi connectivity index (χ3n) is 13.6. The van der Waals surface area contributed by atoms with E-state index in [-0.39, 0.29) is 0 Å². The van der Waals surface area contributed by atoms with Crippen LogP contribution in [0.15, 0.2) is 42.5 Å². The van der Waals surface area contributed by atoms with Crippen molar-refractivity contribution in [3.05, 3.63) is 64.8 Å². The van der Waals surface area contributed by atoms with Crippen LogP contribution < -0.4 is 0 Å². The molecule has 0 amide bonds. The van der Waals surface area contributed by atoms with Gasteiger partial charge in [-0.2, -0.15) is 0 Å². The van der Waals surface area contributed by atoms with Gasteiger partial charge in [0.1, 0.15) is 0 Å². The van der Waals surface area contributed by atoms with Gasteiger partial charge in [-0.3, -0.25) is 4.90 Å². The van der Waals surface area contributed by atoms with Crippen molar-refractivity contribution in [2.24, 2.45) is 34.0 Å². The van der Waals surface area contributed by atoms with Crippen LogP contribution in [0.4, 0.5) is 0 Å². The van der Waals surface area contributed by atoms with E-state index in [0.717, 1.165) is 37.3 Å². The van der Waals surface area contributed by atoms with Crippen molar-refractivity contribution >= 4 is 5.57 Å². The first-order valence-electron chi connectivity index (χ1n) is 17.1. The summed E-state index contributed by atoms with van der Waals surface area (Å²) in [6.45, 7) is 24.5. The third-order valence-corrected chi connectivity index (χ3v) is 13.6. The van der Waals surface area contributed by atoms with E-state index in [1.165, 1.54) is 85.7 Å². The predicted molar refractivity (Wildman–Crippen MR) is 177 cm³/mol. The highest BCUT2D eigenvalue weighted by molar-refractivity contribution is 5.74. The number of allylic oxidation sites excluding steroid dienone is 2. The Kier molecular flexibility index (Phi) is 8.58. The predicted octanol–water partition coefficient (Wildman–Crippen LogP) is 8.69. The van der Waals surface area contributed by atoms with Crippen LogP contribution in [0.25, 0.3) is 5.57 Å². The lowest BCUT2D eigenvalue weighted by Gasteiger charge is -2.83. The fourth-order valence-electron chi connectivity index (χ4n) is 12.1. The van der Waals surface area contributed by atoms with Crippen molar-refractivity contribution < 1.29 is 10.2 Å². The van der Waals surface area contributed by atoms with Gasteiger partial charge in [-0.25, -0.2) is 0 Å². The molecule has 1 spiro atoms. The highest BCUT2D eigenvalue weighted by atomic mass is 16.3. The van der Waals surface area contributed by atoms with Gasteiger partial charge in [0.05, 0.1) is 6.10 Å². The van der Waals surface area contributed by atoms with E-state index in [9.17, 15) is 5.11 Å². The smallest absolute Gasteiger partial charge is 0.0986 e. The Balaban J connectivity index is 0.000000847. The van der Waals surface area contributed by atoms with Crippen molar-refractivity contribution in [1.29, 1.82) is 0 Å². The number of piperidine rings is 1. The van der Waals surface area contributed by atoms with Crippen LogP contribution in [-0.2, 0) is 12.8 Å². The second-order valence-electron chi connectivity index (χ2n) is 14.8. The summed E-state index contributed by atoms with van der Waals surface area (Å²) in [6, 6.07) is 6.25. The van der Waals surface area contributed by atoms with Crippen LogP contribution >= 0.6 is 0 Å². The number of rotatable bonds is 7. The van der Waals surface area contributed by atoms with Gasteiger partial charge in [0, 0.05) is 24.6 Å². The largest absolute Gasteiger partial charge is 0.400 e. The fraction of sp³-hybridized carbons (Fsp3) is 0.692. The summed E-state index contributed by atoms with van der Waals surface area (Å²) >= 11 is 0. The molecule has 2 saturated carbocycles. The first-order chi connectivity index (χ1) is 20.2. The maximum atomic E-state index is 11.0. The number of hydrogen-bond donors (Lipinski definition) is 2. The second-order valence-corrected chi connectivity index (χ2v) is 14.8. The van der Waals surface area contributed by atoms with Gasteiger partial charge in [-0.1, -0.05) is 65.7 Å². The summed E-state index contributed by atoms with van der Waals surface area (Å²) in [5.41, 5.74) is 11.9. The fourth-order valence-corrected chi connectivity index (χ4v) is 12.1. The maximum absolute atomic E-state index is 11.0. The lowest BCUT2D eigenvalue weighted by atomic mass is 9.21. The number of hydrogen-bond acceptors (Lipinski definition) is 3. The number of likely N-dealkylation sites (tertiary alicyclic amines) is 1. The van der Waals surface area contributed by atoms with E-state index in [1.54, 1.807) is 0 Å². The molecule has 1 aliphatic heterocycles. The molecule has 3 fully saturated rings. The Morgan fingerprint density at radius 1 is 1.10 bits per heavy atom. The van der Waals surface area contributed by atoms with E-state index in [1.807, 2.05) is 11.1 Å². The topological polar surface area (TPSA) is 43.7 Å². The van der Waals surface area contributed by atoms with Crippen LogP contribution in [0, 0.1) is 34.0 Å². The first kappa shape index (κ1) is 31.7. The standard InChI is InChI=1S/C36H51NO.C2H4.CH4O/c1-8-12-23(9-2)37-18-17-36-29(20-22-15-16-25-21(4)19-28(38)30(25)24(22)10-3)35(7)33(36)32(34(35,5)6)26-13-11-14-27(37)31(26)36;2*1-2/h15-16,19,23,27-29,32-33,38H,8-14,17-18,20H2,1-7H3;1-2H2;2H,1H3. The van der Waals surface area contributed by atoms with Crippen molar-refractivity contribution in [3.63, 3.8) is 0 Å². The molecule has 1 aromatic rings. The molecule has 1 saturated heterocycles. The van der Waals surface area contributed by atoms with Crippen LogP contribution in [0.2, 0.25) is 0 Å². The van der Waals surface area contributed by atoms with Gasteiger partial charge in [0.25, 0.3) is 0 Å². The third kappa shape index (κ3) is 3.75. The number of aliphatic hydroxyl groups excluding tert-OH is 2. The Hall–Kier alpha value is -1.68. The summed E-state index contributed by atoms with van der Waals surface area (Å²) in [5.74, 6) is 2.43. The van der Waals surface area contributed by atoms with Crippen LogP contribution in [-0.4, -0.2) is 40.9 Å². The molecule has 2 N–H and O–H groups in total. The Morgan fingerprint density at radius 3 is 2.45 bits per heavy atom. The molecule has 1 heterocycles. The Bertz CT molecular complexity index is 1260. The molecule has 8 atom stereocenters. The summed E-state index contributed by atoms with van der Waals surface area (Å²) in [4.78, 5) is 3.01. The highest BCUT2D eigenvalue weighted by Crippen LogP contribution is 2.91. The zero-order valence-electron chi connectivity index (χ0n) is 28.0. The van der Waals surface area contributed by atoms with E-state index >= 15 is 0 Å². The van der Waals surface area contributed by atoms with Crippen molar-refractivity contribution in [2.75, 3.05) is 13.7 Å². The molecule has 6 aliphatic rings. The molecule has 7 rings (SSSR count). The summed E-state index contributed by atoms with van der Waals surface area (Å²) < 4.78 is 0. The highest BCUT2D eigenvalue weighted by Gasteiger charge is 2.87. The van der Waals surface area contributed by atoms with Gasteiger partial charge in [-0.15, -0.1) is 13.2 Å². The lowest BCUT2D eigenvalue weighted by molar-refractivity contribution is -0.342. The summed E-state index contributed by atoms with van der Waals surface area (Å²) in [7, 11) is 1.00. The molecular formula is C39H59NO2.